The molecule has 1 aliphatic rings. The highest BCUT2D eigenvalue weighted by Crippen LogP contribution is 2.37. The van der Waals surface area contributed by atoms with E-state index >= 15 is 0 Å². The summed E-state index contributed by atoms with van der Waals surface area (Å²) in [6, 6.07) is 23.2. The van der Waals surface area contributed by atoms with Crippen LogP contribution in [0.3, 0.4) is 0 Å². The first-order valence-electron chi connectivity index (χ1n) is 11.1. The predicted molar refractivity (Wildman–Crippen MR) is 129 cm³/mol. The zero-order valence-corrected chi connectivity index (χ0v) is 18.6. The average Bonchev–Trinajstić information content (AvgIpc) is 3.20. The smallest absolute Gasteiger partial charge is 0.229 e. The van der Waals surface area contributed by atoms with E-state index in [-0.39, 0.29) is 24.1 Å². The number of benzene rings is 3. The van der Waals surface area contributed by atoms with Gasteiger partial charge >= 0.3 is 0 Å². The molecule has 1 unspecified atom stereocenters. The molecule has 6 nitrogen and oxygen atoms in total. The molecule has 0 bridgehead atoms. The van der Waals surface area contributed by atoms with Crippen LogP contribution in [0.25, 0.3) is 16.9 Å². The van der Waals surface area contributed by atoms with E-state index in [1.165, 1.54) is 24.3 Å². The molecule has 0 saturated heterocycles. The van der Waals surface area contributed by atoms with Crippen LogP contribution >= 0.6 is 0 Å². The minimum absolute atomic E-state index is 0.00645. The van der Waals surface area contributed by atoms with Gasteiger partial charge in [0.1, 0.15) is 11.6 Å². The van der Waals surface area contributed by atoms with E-state index in [1.54, 1.807) is 4.68 Å². The van der Waals surface area contributed by atoms with Gasteiger partial charge in [-0.2, -0.15) is 5.10 Å². The Morgan fingerprint density at radius 2 is 1.76 bits per heavy atom. The number of anilines is 2. The van der Waals surface area contributed by atoms with Crippen LogP contribution in [0, 0.1) is 18.7 Å². The van der Waals surface area contributed by atoms with Crippen molar-refractivity contribution in [3.8, 4) is 16.9 Å². The fraction of sp³-hybridized carbons (Fsp3) is 0.148. The first-order valence-corrected chi connectivity index (χ1v) is 11.1. The van der Waals surface area contributed by atoms with Crippen molar-refractivity contribution in [1.29, 1.82) is 0 Å². The van der Waals surface area contributed by atoms with Gasteiger partial charge in [0.2, 0.25) is 11.8 Å². The van der Waals surface area contributed by atoms with Crippen molar-refractivity contribution in [1.82, 2.24) is 9.78 Å². The molecule has 1 atom stereocenters. The number of para-hydroxylation sites is 1. The summed E-state index contributed by atoms with van der Waals surface area (Å²) in [4.78, 5) is 25.6. The Morgan fingerprint density at radius 3 is 2.47 bits per heavy atom. The maximum atomic E-state index is 13.1. The second-order valence-corrected chi connectivity index (χ2v) is 8.44. The van der Waals surface area contributed by atoms with Crippen molar-refractivity contribution < 1.29 is 14.0 Å². The summed E-state index contributed by atoms with van der Waals surface area (Å²) in [5.41, 5.74) is 5.09. The van der Waals surface area contributed by atoms with Gasteiger partial charge in [0.25, 0.3) is 0 Å². The molecule has 4 aromatic rings. The summed E-state index contributed by atoms with van der Waals surface area (Å²) in [5.74, 6) is -0.833. The van der Waals surface area contributed by atoms with Crippen LogP contribution in [-0.2, 0) is 16.0 Å². The molecule has 0 saturated carbocycles. The van der Waals surface area contributed by atoms with Crippen LogP contribution in [-0.4, -0.2) is 21.6 Å². The molecule has 5 rings (SSSR count). The van der Waals surface area contributed by atoms with Crippen molar-refractivity contribution in [2.45, 2.75) is 19.8 Å². The van der Waals surface area contributed by atoms with Crippen molar-refractivity contribution in [2.24, 2.45) is 5.92 Å². The number of hydrogen-bond donors (Lipinski definition) is 2. The van der Waals surface area contributed by atoms with Gasteiger partial charge in [0.15, 0.2) is 0 Å². The molecule has 7 heteroatoms. The molecule has 3 aromatic carbocycles. The lowest BCUT2D eigenvalue weighted by Crippen LogP contribution is -2.33. The molecule has 0 aliphatic carbocycles. The van der Waals surface area contributed by atoms with Gasteiger partial charge < -0.3 is 10.6 Å². The van der Waals surface area contributed by atoms with Gasteiger partial charge in [-0.25, -0.2) is 9.07 Å². The number of carbonyl (C=O) groups excluding carboxylic acids is 2. The van der Waals surface area contributed by atoms with Crippen LogP contribution < -0.4 is 10.6 Å². The van der Waals surface area contributed by atoms with Gasteiger partial charge in [-0.15, -0.1) is 0 Å². The average molecular weight is 455 g/mol. The van der Waals surface area contributed by atoms with Crippen LogP contribution in [0.15, 0.2) is 78.9 Å². The van der Waals surface area contributed by atoms with E-state index < -0.39 is 5.92 Å². The number of rotatable bonds is 5. The summed E-state index contributed by atoms with van der Waals surface area (Å²) in [6.07, 6.45) is 0.389. The third-order valence-corrected chi connectivity index (χ3v) is 5.93. The number of fused-ring (bicyclic) bond motifs is 1. The Hall–Kier alpha value is -4.26. The topological polar surface area (TPSA) is 76.0 Å². The molecule has 0 spiro atoms. The van der Waals surface area contributed by atoms with Crippen LogP contribution in [0.2, 0.25) is 0 Å². The van der Waals surface area contributed by atoms with Crippen LogP contribution in [0.1, 0.15) is 17.5 Å². The summed E-state index contributed by atoms with van der Waals surface area (Å²) < 4.78 is 14.9. The Morgan fingerprint density at radius 1 is 1.06 bits per heavy atom. The molecule has 2 N–H and O–H groups in total. The van der Waals surface area contributed by atoms with E-state index in [1.807, 2.05) is 61.5 Å². The van der Waals surface area contributed by atoms with E-state index in [0.29, 0.717) is 17.9 Å². The molecule has 2 heterocycles. The lowest BCUT2D eigenvalue weighted by Gasteiger charge is -2.23. The first-order chi connectivity index (χ1) is 16.5. The standard InChI is InChI=1S/C27H23FN4O2/c1-17-7-9-18(10-8-17)25-23-15-19(16-24(33)29-21-13-11-20(28)12-14-21)27(34)30-26(23)32(31-25)22-5-3-2-4-6-22/h2-14,19H,15-16H2,1H3,(H,29,33)(H,30,34). The molecule has 0 fully saturated rings. The maximum Gasteiger partial charge on any atom is 0.229 e. The number of halogens is 1. The minimum Gasteiger partial charge on any atom is -0.326 e. The van der Waals surface area contributed by atoms with Crippen molar-refractivity contribution in [2.75, 3.05) is 10.6 Å². The van der Waals surface area contributed by atoms with E-state index in [0.717, 1.165) is 28.1 Å². The summed E-state index contributed by atoms with van der Waals surface area (Å²) >= 11 is 0. The van der Waals surface area contributed by atoms with Gasteiger partial charge in [-0.1, -0.05) is 48.0 Å². The first kappa shape index (κ1) is 21.6. The monoisotopic (exact) mass is 454 g/mol. The quantitative estimate of drug-likeness (QED) is 0.439. The SMILES string of the molecule is Cc1ccc(-c2nn(-c3ccccc3)c3c2CC(CC(=O)Nc2ccc(F)cc2)C(=O)N3)cc1. The molecular formula is C27H23FN4O2. The number of aromatic nitrogens is 2. The Balaban J connectivity index is 1.46. The number of amides is 2. The number of carbonyl (C=O) groups is 2. The molecular weight excluding hydrogens is 431 g/mol. The number of nitrogens with zero attached hydrogens (tertiary/aromatic N) is 2. The highest BCUT2D eigenvalue weighted by Gasteiger charge is 2.34. The molecule has 34 heavy (non-hydrogen) atoms. The minimum atomic E-state index is -0.550. The van der Waals surface area contributed by atoms with Crippen molar-refractivity contribution >= 4 is 23.3 Å². The van der Waals surface area contributed by atoms with Gasteiger partial charge in [0, 0.05) is 23.2 Å². The Bertz CT molecular complexity index is 1350. The van der Waals surface area contributed by atoms with Crippen molar-refractivity contribution in [3.63, 3.8) is 0 Å². The van der Waals surface area contributed by atoms with Crippen LogP contribution in [0.4, 0.5) is 15.9 Å². The highest BCUT2D eigenvalue weighted by atomic mass is 19.1. The van der Waals surface area contributed by atoms with Crippen LogP contribution in [0.5, 0.6) is 0 Å². The van der Waals surface area contributed by atoms with E-state index in [4.69, 9.17) is 5.10 Å². The van der Waals surface area contributed by atoms with Gasteiger partial charge in [-0.05, 0) is 49.7 Å². The van der Waals surface area contributed by atoms with E-state index in [2.05, 4.69) is 10.6 Å². The third-order valence-electron chi connectivity index (χ3n) is 5.93. The van der Waals surface area contributed by atoms with E-state index in [9.17, 15) is 14.0 Å². The molecule has 0 radical (unpaired) electrons. The largest absolute Gasteiger partial charge is 0.326 e. The van der Waals surface area contributed by atoms with Crippen molar-refractivity contribution in [3.05, 3.63) is 95.8 Å². The fourth-order valence-corrected chi connectivity index (χ4v) is 4.16. The lowest BCUT2D eigenvalue weighted by atomic mass is 9.90. The number of nitrogens with one attached hydrogen (secondary N) is 2. The summed E-state index contributed by atoms with van der Waals surface area (Å²) in [5, 5.41) is 10.6. The number of aryl methyl sites for hydroxylation is 1. The Kier molecular flexibility index (Phi) is 5.67. The normalized spacial score (nSPS) is 14.9. The third kappa shape index (κ3) is 4.32. The number of hydrogen-bond acceptors (Lipinski definition) is 3. The molecule has 2 amide bonds. The second kappa shape index (κ2) is 8.94. The van der Waals surface area contributed by atoms with Gasteiger partial charge in [0.05, 0.1) is 17.3 Å². The fourth-order valence-electron chi connectivity index (χ4n) is 4.16. The summed E-state index contributed by atoms with van der Waals surface area (Å²) in [6.45, 7) is 2.03. The second-order valence-electron chi connectivity index (χ2n) is 8.44. The summed E-state index contributed by atoms with van der Waals surface area (Å²) in [7, 11) is 0. The Labute approximate surface area is 196 Å². The molecule has 1 aliphatic heterocycles. The van der Waals surface area contributed by atoms with Gasteiger partial charge in [-0.3, -0.25) is 9.59 Å². The predicted octanol–water partition coefficient (Wildman–Crippen LogP) is 5.13. The zero-order valence-electron chi connectivity index (χ0n) is 18.6. The maximum absolute atomic E-state index is 13.1. The molecule has 170 valence electrons. The lowest BCUT2D eigenvalue weighted by molar-refractivity contribution is -0.125. The highest BCUT2D eigenvalue weighted by molar-refractivity contribution is 6.00. The zero-order chi connectivity index (χ0) is 23.7. The molecule has 1 aromatic heterocycles.